The highest BCUT2D eigenvalue weighted by Crippen LogP contribution is 2.32. The fourth-order valence-corrected chi connectivity index (χ4v) is 4.41. The number of nitrogens with zero attached hydrogens (tertiary/aromatic N) is 1. The molecule has 25 heavy (non-hydrogen) atoms. The van der Waals surface area contributed by atoms with Crippen LogP contribution in [0.25, 0.3) is 0 Å². The van der Waals surface area contributed by atoms with E-state index in [1.54, 1.807) is 13.4 Å². The van der Waals surface area contributed by atoms with Crippen molar-refractivity contribution in [2.24, 2.45) is 5.92 Å². The van der Waals surface area contributed by atoms with Gasteiger partial charge in [0.2, 0.25) is 0 Å². The van der Waals surface area contributed by atoms with Gasteiger partial charge in [0.25, 0.3) is 5.91 Å². The van der Waals surface area contributed by atoms with Crippen LogP contribution >= 0.6 is 11.8 Å². The highest BCUT2D eigenvalue weighted by molar-refractivity contribution is 7.99. The molecule has 0 saturated carbocycles. The van der Waals surface area contributed by atoms with Crippen LogP contribution < -0.4 is 10.1 Å². The quantitative estimate of drug-likeness (QED) is 0.889. The van der Waals surface area contributed by atoms with Crippen molar-refractivity contribution < 1.29 is 13.9 Å². The van der Waals surface area contributed by atoms with E-state index in [0.29, 0.717) is 23.3 Å². The van der Waals surface area contributed by atoms with Gasteiger partial charge in [-0.05, 0) is 56.1 Å². The number of carbonyl (C=O) groups is 1. The van der Waals surface area contributed by atoms with Crippen LogP contribution in [0.3, 0.4) is 0 Å². The molecule has 0 radical (unpaired) electrons. The Morgan fingerprint density at radius 2 is 2.04 bits per heavy atom. The average Bonchev–Trinajstić information content (AvgIpc) is 3.11. The summed E-state index contributed by atoms with van der Waals surface area (Å²) in [5, 5.41) is 3.99. The van der Waals surface area contributed by atoms with Gasteiger partial charge < -0.3 is 19.4 Å². The van der Waals surface area contributed by atoms with Gasteiger partial charge >= 0.3 is 0 Å². The standard InChI is InChI=1S/C19H22N2O3S/c1-23-15-10-18(24-12-15)25-16-4-2-14(3-5-16)19(22)20-17-11-21-8-6-13(17)7-9-21/h2-5,10,12-13,17H,6-9,11H2,1H3,(H,20,22)/t17-/m0/s1. The topological polar surface area (TPSA) is 54.7 Å². The summed E-state index contributed by atoms with van der Waals surface area (Å²) < 4.78 is 10.5. The van der Waals surface area contributed by atoms with Gasteiger partial charge in [0.05, 0.1) is 7.11 Å². The summed E-state index contributed by atoms with van der Waals surface area (Å²) in [6, 6.07) is 9.78. The van der Waals surface area contributed by atoms with Crippen LogP contribution in [0.1, 0.15) is 23.2 Å². The number of benzene rings is 1. The Hall–Kier alpha value is -1.92. The molecular formula is C19H22N2O3S. The van der Waals surface area contributed by atoms with Crippen molar-refractivity contribution in [2.75, 3.05) is 26.7 Å². The summed E-state index contributed by atoms with van der Waals surface area (Å²) in [6.07, 6.45) is 3.98. The van der Waals surface area contributed by atoms with E-state index in [1.807, 2.05) is 30.3 Å². The van der Waals surface area contributed by atoms with Crippen molar-refractivity contribution >= 4 is 17.7 Å². The lowest BCUT2D eigenvalue weighted by Crippen LogP contribution is -2.57. The second-order valence-corrected chi connectivity index (χ2v) is 7.73. The number of ether oxygens (including phenoxy) is 1. The predicted octanol–water partition coefficient (Wildman–Crippen LogP) is 3.26. The van der Waals surface area contributed by atoms with Crippen molar-refractivity contribution in [2.45, 2.75) is 28.9 Å². The molecule has 3 saturated heterocycles. The Kier molecular flexibility index (Phi) is 4.72. The average molecular weight is 358 g/mol. The Balaban J connectivity index is 1.37. The molecule has 1 atom stereocenters. The number of hydrogen-bond acceptors (Lipinski definition) is 5. The van der Waals surface area contributed by atoms with Crippen molar-refractivity contribution in [3.05, 3.63) is 42.2 Å². The van der Waals surface area contributed by atoms with Crippen LogP contribution in [0, 0.1) is 5.92 Å². The molecule has 4 heterocycles. The van der Waals surface area contributed by atoms with E-state index in [0.717, 1.165) is 16.5 Å². The van der Waals surface area contributed by atoms with Gasteiger partial charge in [0.15, 0.2) is 10.8 Å². The molecule has 3 aliphatic heterocycles. The fraction of sp³-hybridized carbons (Fsp3) is 0.421. The van der Waals surface area contributed by atoms with Crippen molar-refractivity contribution in [1.29, 1.82) is 0 Å². The zero-order chi connectivity index (χ0) is 17.2. The maximum Gasteiger partial charge on any atom is 0.251 e. The zero-order valence-corrected chi connectivity index (χ0v) is 15.1. The van der Waals surface area contributed by atoms with Gasteiger partial charge in [-0.2, -0.15) is 0 Å². The number of furan rings is 1. The van der Waals surface area contributed by atoms with Gasteiger partial charge in [-0.15, -0.1) is 0 Å². The molecule has 2 bridgehead atoms. The molecule has 3 fully saturated rings. The van der Waals surface area contributed by atoms with E-state index >= 15 is 0 Å². The number of piperidine rings is 3. The fourth-order valence-electron chi connectivity index (χ4n) is 3.63. The van der Waals surface area contributed by atoms with Crippen LogP contribution in [0.4, 0.5) is 0 Å². The van der Waals surface area contributed by atoms with E-state index in [1.165, 1.54) is 37.7 Å². The van der Waals surface area contributed by atoms with Gasteiger partial charge in [0.1, 0.15) is 6.26 Å². The number of rotatable bonds is 5. The Morgan fingerprint density at radius 1 is 1.28 bits per heavy atom. The van der Waals surface area contributed by atoms with Gasteiger partial charge in [0, 0.05) is 29.1 Å². The molecule has 0 spiro atoms. The number of nitrogens with one attached hydrogen (secondary N) is 1. The molecule has 6 heteroatoms. The summed E-state index contributed by atoms with van der Waals surface area (Å²) in [6.45, 7) is 3.35. The van der Waals surface area contributed by atoms with E-state index < -0.39 is 0 Å². The Labute approximate surface area is 151 Å². The first-order valence-electron chi connectivity index (χ1n) is 8.65. The molecule has 5 nitrogen and oxygen atoms in total. The molecule has 1 aromatic heterocycles. The molecule has 2 aromatic rings. The van der Waals surface area contributed by atoms with E-state index in [-0.39, 0.29) is 5.91 Å². The zero-order valence-electron chi connectivity index (χ0n) is 14.2. The van der Waals surface area contributed by atoms with Crippen LogP contribution in [0.15, 0.2) is 51.0 Å². The molecule has 0 aliphatic carbocycles. The van der Waals surface area contributed by atoms with Crippen LogP contribution in [-0.4, -0.2) is 43.6 Å². The molecule has 132 valence electrons. The first kappa shape index (κ1) is 16.5. The van der Waals surface area contributed by atoms with Crippen molar-refractivity contribution in [3.63, 3.8) is 0 Å². The van der Waals surface area contributed by atoms with Crippen LogP contribution in [0.5, 0.6) is 5.75 Å². The minimum absolute atomic E-state index is 0.0231. The predicted molar refractivity (Wildman–Crippen MR) is 96.2 cm³/mol. The lowest BCUT2D eigenvalue weighted by molar-refractivity contribution is 0.0620. The molecule has 5 rings (SSSR count). The van der Waals surface area contributed by atoms with Crippen LogP contribution in [-0.2, 0) is 0 Å². The Morgan fingerprint density at radius 3 is 2.64 bits per heavy atom. The normalized spacial score (nSPS) is 24.9. The smallest absolute Gasteiger partial charge is 0.251 e. The molecule has 1 amide bonds. The van der Waals surface area contributed by atoms with Gasteiger partial charge in [-0.25, -0.2) is 0 Å². The third-order valence-corrected chi connectivity index (χ3v) is 6.02. The summed E-state index contributed by atoms with van der Waals surface area (Å²) >= 11 is 1.50. The van der Waals surface area contributed by atoms with Crippen molar-refractivity contribution in [3.8, 4) is 5.75 Å². The Bertz CT molecular complexity index is 735. The minimum atomic E-state index is 0.0231. The SMILES string of the molecule is COc1coc(Sc2ccc(C(=O)N[C@H]3CN4CCC3CC4)cc2)c1. The second kappa shape index (κ2) is 7.14. The van der Waals surface area contributed by atoms with Gasteiger partial charge in [-0.1, -0.05) is 11.8 Å². The number of methoxy groups -OCH3 is 1. The minimum Gasteiger partial charge on any atom is -0.493 e. The van der Waals surface area contributed by atoms with E-state index in [9.17, 15) is 4.79 Å². The number of hydrogen-bond donors (Lipinski definition) is 1. The maximum absolute atomic E-state index is 12.5. The first-order valence-corrected chi connectivity index (χ1v) is 9.46. The lowest BCUT2D eigenvalue weighted by atomic mass is 9.84. The highest BCUT2D eigenvalue weighted by Gasteiger charge is 2.34. The molecule has 3 aliphatic rings. The highest BCUT2D eigenvalue weighted by atomic mass is 32.2. The first-order chi connectivity index (χ1) is 12.2. The van der Waals surface area contributed by atoms with Crippen molar-refractivity contribution in [1.82, 2.24) is 10.2 Å². The number of fused-ring (bicyclic) bond motifs is 3. The molecule has 0 unspecified atom stereocenters. The maximum atomic E-state index is 12.5. The van der Waals surface area contributed by atoms with E-state index in [4.69, 9.17) is 9.15 Å². The van der Waals surface area contributed by atoms with Gasteiger partial charge in [-0.3, -0.25) is 4.79 Å². The summed E-state index contributed by atoms with van der Waals surface area (Å²) in [7, 11) is 1.61. The molecule has 1 aromatic carbocycles. The number of carbonyl (C=O) groups excluding carboxylic acids is 1. The molecule has 1 N–H and O–H groups in total. The van der Waals surface area contributed by atoms with Crippen LogP contribution in [0.2, 0.25) is 0 Å². The molecular weight excluding hydrogens is 336 g/mol. The lowest BCUT2D eigenvalue weighted by Gasteiger charge is -2.44. The number of amides is 1. The monoisotopic (exact) mass is 358 g/mol. The third kappa shape index (κ3) is 3.70. The third-order valence-electron chi connectivity index (χ3n) is 5.09. The largest absolute Gasteiger partial charge is 0.493 e. The summed E-state index contributed by atoms with van der Waals surface area (Å²) in [4.78, 5) is 16.0. The summed E-state index contributed by atoms with van der Waals surface area (Å²) in [5.41, 5.74) is 0.706. The van der Waals surface area contributed by atoms with E-state index in [2.05, 4.69) is 10.2 Å². The second-order valence-electron chi connectivity index (χ2n) is 6.65. The summed E-state index contributed by atoms with van der Waals surface area (Å²) in [5.74, 6) is 1.36.